The highest BCUT2D eigenvalue weighted by Gasteiger charge is 2.01. The molecule has 4 heteroatoms. The second-order valence-corrected chi connectivity index (χ2v) is 5.08. The minimum absolute atomic E-state index is 0.734. The first-order chi connectivity index (χ1) is 7.77. The lowest BCUT2D eigenvalue weighted by molar-refractivity contribution is 0.199. The van der Waals surface area contributed by atoms with Gasteiger partial charge in [-0.2, -0.15) is 0 Å². The zero-order valence-electron chi connectivity index (χ0n) is 9.75. The molecule has 2 nitrogen and oxygen atoms in total. The molecule has 0 fully saturated rings. The van der Waals surface area contributed by atoms with Crippen molar-refractivity contribution in [1.29, 1.82) is 0 Å². The van der Waals surface area contributed by atoms with Crippen molar-refractivity contribution < 1.29 is 4.74 Å². The number of hydrogen-bond acceptors (Lipinski definition) is 3. The summed E-state index contributed by atoms with van der Waals surface area (Å²) in [6, 6.07) is 6.23. The van der Waals surface area contributed by atoms with Gasteiger partial charge in [0.05, 0.1) is 11.6 Å². The van der Waals surface area contributed by atoms with Crippen molar-refractivity contribution in [3.05, 3.63) is 28.8 Å². The lowest BCUT2D eigenvalue weighted by Crippen LogP contribution is -2.18. The third-order valence-electron chi connectivity index (χ3n) is 2.11. The summed E-state index contributed by atoms with van der Waals surface area (Å²) in [6.07, 6.45) is 0. The number of rotatable bonds is 7. The predicted octanol–water partition coefficient (Wildman–Crippen LogP) is 3.19. The van der Waals surface area contributed by atoms with Gasteiger partial charge in [0, 0.05) is 25.1 Å². The number of methoxy groups -OCH3 is 1. The van der Waals surface area contributed by atoms with Gasteiger partial charge in [-0.05, 0) is 23.4 Å². The zero-order valence-corrected chi connectivity index (χ0v) is 11.3. The molecule has 0 radical (unpaired) electrons. The van der Waals surface area contributed by atoms with Crippen LogP contribution in [-0.2, 0) is 11.3 Å². The van der Waals surface area contributed by atoms with Crippen LogP contribution in [-0.4, -0.2) is 26.0 Å². The molecule has 0 spiro atoms. The van der Waals surface area contributed by atoms with Crippen LogP contribution in [0.4, 0.5) is 0 Å². The first-order valence-electron chi connectivity index (χ1n) is 5.38. The van der Waals surface area contributed by atoms with E-state index in [0.717, 1.165) is 35.4 Å². The third kappa shape index (κ3) is 4.74. The molecule has 0 aliphatic carbocycles. The van der Waals surface area contributed by atoms with Crippen LogP contribution >= 0.6 is 23.4 Å². The standard InChI is InChI=1S/C12H18ClNOS/c1-3-16-12-5-4-10(8-11(12)13)9-14-6-7-15-2/h4-5,8,14H,3,6-7,9H2,1-2H3. The zero-order chi connectivity index (χ0) is 11.8. The van der Waals surface area contributed by atoms with Crippen LogP contribution in [0.15, 0.2) is 23.1 Å². The van der Waals surface area contributed by atoms with E-state index in [4.69, 9.17) is 16.3 Å². The van der Waals surface area contributed by atoms with E-state index in [2.05, 4.69) is 24.4 Å². The maximum Gasteiger partial charge on any atom is 0.0587 e. The smallest absolute Gasteiger partial charge is 0.0587 e. The average molecular weight is 260 g/mol. The molecule has 0 bridgehead atoms. The third-order valence-corrected chi connectivity index (χ3v) is 3.49. The van der Waals surface area contributed by atoms with Crippen molar-refractivity contribution in [2.45, 2.75) is 18.4 Å². The lowest BCUT2D eigenvalue weighted by Gasteiger charge is -2.07. The Morgan fingerprint density at radius 3 is 2.88 bits per heavy atom. The molecule has 1 rings (SSSR count). The Labute approximate surface area is 107 Å². The molecule has 0 amide bonds. The summed E-state index contributed by atoms with van der Waals surface area (Å²) in [5.41, 5.74) is 1.21. The molecule has 0 heterocycles. The Morgan fingerprint density at radius 1 is 1.44 bits per heavy atom. The summed E-state index contributed by atoms with van der Waals surface area (Å²) in [7, 11) is 1.70. The van der Waals surface area contributed by atoms with Crippen LogP contribution in [0.25, 0.3) is 0 Å². The lowest BCUT2D eigenvalue weighted by atomic mass is 10.2. The Balaban J connectivity index is 2.46. The van der Waals surface area contributed by atoms with Crippen molar-refractivity contribution in [1.82, 2.24) is 5.32 Å². The molecule has 1 N–H and O–H groups in total. The van der Waals surface area contributed by atoms with Crippen molar-refractivity contribution in [2.24, 2.45) is 0 Å². The fourth-order valence-corrected chi connectivity index (χ4v) is 2.37. The van der Waals surface area contributed by atoms with Gasteiger partial charge in [-0.3, -0.25) is 0 Å². The van der Waals surface area contributed by atoms with Crippen molar-refractivity contribution in [3.8, 4) is 0 Å². The van der Waals surface area contributed by atoms with E-state index in [-0.39, 0.29) is 0 Å². The van der Waals surface area contributed by atoms with Crippen LogP contribution in [0.3, 0.4) is 0 Å². The van der Waals surface area contributed by atoms with Crippen LogP contribution in [0.2, 0.25) is 5.02 Å². The molecular weight excluding hydrogens is 242 g/mol. The summed E-state index contributed by atoms with van der Waals surface area (Å²) in [6.45, 7) is 4.55. The van der Waals surface area contributed by atoms with E-state index in [0.29, 0.717) is 0 Å². The van der Waals surface area contributed by atoms with Gasteiger partial charge in [0.25, 0.3) is 0 Å². The topological polar surface area (TPSA) is 21.3 Å². The van der Waals surface area contributed by atoms with E-state index in [1.807, 2.05) is 6.07 Å². The summed E-state index contributed by atoms with van der Waals surface area (Å²) < 4.78 is 4.96. The highest BCUT2D eigenvalue weighted by Crippen LogP contribution is 2.27. The van der Waals surface area contributed by atoms with Crippen LogP contribution in [0.1, 0.15) is 12.5 Å². The normalized spacial score (nSPS) is 10.7. The second kappa shape index (κ2) is 7.96. The SMILES string of the molecule is CCSc1ccc(CNCCOC)cc1Cl. The van der Waals surface area contributed by atoms with Crippen LogP contribution < -0.4 is 5.32 Å². The second-order valence-electron chi connectivity index (χ2n) is 3.37. The average Bonchev–Trinajstić information content (AvgIpc) is 2.28. The summed E-state index contributed by atoms with van der Waals surface area (Å²) in [5.74, 6) is 1.05. The van der Waals surface area contributed by atoms with E-state index in [9.17, 15) is 0 Å². The van der Waals surface area contributed by atoms with Gasteiger partial charge >= 0.3 is 0 Å². The molecule has 0 atom stereocenters. The number of halogens is 1. The Hall–Kier alpha value is -0.220. The highest BCUT2D eigenvalue weighted by molar-refractivity contribution is 7.99. The number of ether oxygens (including phenoxy) is 1. The first-order valence-corrected chi connectivity index (χ1v) is 6.75. The Kier molecular flexibility index (Phi) is 6.88. The van der Waals surface area contributed by atoms with Crippen molar-refractivity contribution in [3.63, 3.8) is 0 Å². The van der Waals surface area contributed by atoms with Gasteiger partial charge in [-0.1, -0.05) is 24.6 Å². The van der Waals surface area contributed by atoms with Crippen molar-refractivity contribution in [2.75, 3.05) is 26.0 Å². The fraction of sp³-hybridized carbons (Fsp3) is 0.500. The molecule has 0 saturated carbocycles. The van der Waals surface area contributed by atoms with E-state index in [1.165, 1.54) is 5.56 Å². The minimum Gasteiger partial charge on any atom is -0.383 e. The predicted molar refractivity (Wildman–Crippen MR) is 71.4 cm³/mol. The highest BCUT2D eigenvalue weighted by atomic mass is 35.5. The Bertz CT molecular complexity index is 320. The molecule has 0 unspecified atom stereocenters. The molecule has 0 aliphatic heterocycles. The van der Waals surface area contributed by atoms with Gasteiger partial charge in [0.15, 0.2) is 0 Å². The maximum atomic E-state index is 6.17. The Morgan fingerprint density at radius 2 is 2.25 bits per heavy atom. The summed E-state index contributed by atoms with van der Waals surface area (Å²) in [4.78, 5) is 1.16. The number of benzene rings is 1. The fourth-order valence-electron chi connectivity index (χ4n) is 1.33. The minimum atomic E-state index is 0.734. The molecule has 16 heavy (non-hydrogen) atoms. The van der Waals surface area contributed by atoms with Gasteiger partial charge in [-0.15, -0.1) is 11.8 Å². The first kappa shape index (κ1) is 13.8. The van der Waals surface area contributed by atoms with Gasteiger partial charge in [-0.25, -0.2) is 0 Å². The molecule has 0 aliphatic rings. The van der Waals surface area contributed by atoms with E-state index in [1.54, 1.807) is 18.9 Å². The summed E-state index contributed by atoms with van der Waals surface area (Å²) in [5, 5.41) is 4.14. The largest absolute Gasteiger partial charge is 0.383 e. The molecular formula is C12H18ClNOS. The number of hydrogen-bond donors (Lipinski definition) is 1. The molecule has 1 aromatic rings. The van der Waals surface area contributed by atoms with Gasteiger partial charge in [0.2, 0.25) is 0 Å². The molecule has 90 valence electrons. The van der Waals surface area contributed by atoms with Gasteiger partial charge in [0.1, 0.15) is 0 Å². The number of nitrogens with one attached hydrogen (secondary N) is 1. The molecule has 1 aromatic carbocycles. The molecule has 0 saturated heterocycles. The quantitative estimate of drug-likeness (QED) is 0.600. The van der Waals surface area contributed by atoms with Gasteiger partial charge < -0.3 is 10.1 Å². The van der Waals surface area contributed by atoms with E-state index >= 15 is 0 Å². The van der Waals surface area contributed by atoms with E-state index < -0.39 is 0 Å². The number of thioether (sulfide) groups is 1. The van der Waals surface area contributed by atoms with Crippen LogP contribution in [0, 0.1) is 0 Å². The monoisotopic (exact) mass is 259 g/mol. The van der Waals surface area contributed by atoms with Crippen molar-refractivity contribution >= 4 is 23.4 Å². The van der Waals surface area contributed by atoms with Crippen LogP contribution in [0.5, 0.6) is 0 Å². The summed E-state index contributed by atoms with van der Waals surface area (Å²) >= 11 is 7.95. The molecule has 0 aromatic heterocycles. The maximum absolute atomic E-state index is 6.17.